The van der Waals surface area contributed by atoms with Gasteiger partial charge >= 0.3 is 6.09 Å². The Labute approximate surface area is 200 Å². The number of rotatable bonds is 5. The third-order valence-corrected chi connectivity index (χ3v) is 7.79. The number of carbonyl (C=O) groups excluding carboxylic acids is 2. The molecule has 9 nitrogen and oxygen atoms in total. The highest BCUT2D eigenvalue weighted by atomic mass is 32.2. The van der Waals surface area contributed by atoms with Crippen molar-refractivity contribution in [1.29, 1.82) is 5.26 Å². The van der Waals surface area contributed by atoms with Crippen LogP contribution in [-0.2, 0) is 27.7 Å². The van der Waals surface area contributed by atoms with Crippen LogP contribution in [0.1, 0.15) is 26.4 Å². The van der Waals surface area contributed by atoms with Gasteiger partial charge in [0.15, 0.2) is 0 Å². The van der Waals surface area contributed by atoms with Crippen molar-refractivity contribution < 1.29 is 22.7 Å². The van der Waals surface area contributed by atoms with Crippen molar-refractivity contribution in [2.75, 3.05) is 23.7 Å². The number of hydrogen-bond donors (Lipinski definition) is 2. The van der Waals surface area contributed by atoms with Crippen LogP contribution < -0.4 is 10.0 Å². The van der Waals surface area contributed by atoms with Crippen LogP contribution in [0.5, 0.6) is 0 Å². The first-order chi connectivity index (χ1) is 16.3. The van der Waals surface area contributed by atoms with Gasteiger partial charge in [0.1, 0.15) is 11.1 Å². The zero-order valence-corrected chi connectivity index (χ0v) is 19.7. The third-order valence-electron chi connectivity index (χ3n) is 5.26. The van der Waals surface area contributed by atoms with E-state index in [4.69, 9.17) is 4.74 Å². The van der Waals surface area contributed by atoms with Crippen molar-refractivity contribution >= 4 is 44.0 Å². The number of carbonyl (C=O) groups is 2. The van der Waals surface area contributed by atoms with Gasteiger partial charge in [0, 0.05) is 22.7 Å². The Morgan fingerprint density at radius 2 is 1.91 bits per heavy atom. The van der Waals surface area contributed by atoms with E-state index < -0.39 is 22.0 Å². The van der Waals surface area contributed by atoms with E-state index in [9.17, 15) is 23.3 Å². The number of anilines is 2. The van der Waals surface area contributed by atoms with Crippen molar-refractivity contribution in [2.24, 2.45) is 0 Å². The average molecular weight is 497 g/mol. The van der Waals surface area contributed by atoms with Crippen LogP contribution >= 0.6 is 11.3 Å². The van der Waals surface area contributed by atoms with E-state index in [-0.39, 0.29) is 16.1 Å². The minimum absolute atomic E-state index is 0.105. The molecular formula is C23H20N4O5S2. The van der Waals surface area contributed by atoms with E-state index in [0.717, 1.165) is 10.4 Å². The molecule has 0 saturated carbocycles. The van der Waals surface area contributed by atoms with Gasteiger partial charge < -0.3 is 15.0 Å². The molecule has 0 bridgehead atoms. The highest BCUT2D eigenvalue weighted by molar-refractivity contribution is 7.92. The molecule has 3 aromatic rings. The molecule has 2 N–H and O–H groups in total. The molecule has 174 valence electrons. The van der Waals surface area contributed by atoms with Crippen LogP contribution in [0.3, 0.4) is 0 Å². The monoisotopic (exact) mass is 496 g/mol. The number of ether oxygens (including phenoxy) is 1. The zero-order valence-electron chi connectivity index (χ0n) is 18.1. The number of hydrogen-bond acceptors (Lipinski definition) is 7. The maximum absolute atomic E-state index is 12.9. The number of amides is 2. The predicted molar refractivity (Wildman–Crippen MR) is 127 cm³/mol. The summed E-state index contributed by atoms with van der Waals surface area (Å²) in [6.07, 6.45) is 0.0362. The van der Waals surface area contributed by atoms with Crippen molar-refractivity contribution in [3.05, 3.63) is 76.2 Å². The largest absolute Gasteiger partial charge is 0.453 e. The van der Waals surface area contributed by atoms with Crippen LogP contribution in [0.2, 0.25) is 0 Å². The number of methoxy groups -OCH3 is 1. The summed E-state index contributed by atoms with van der Waals surface area (Å²) < 4.78 is 32.4. The molecule has 2 aromatic carbocycles. The van der Waals surface area contributed by atoms with Gasteiger partial charge in [-0.05, 0) is 42.3 Å². The van der Waals surface area contributed by atoms with E-state index in [1.54, 1.807) is 36.4 Å². The van der Waals surface area contributed by atoms with Gasteiger partial charge in [0.05, 0.1) is 24.1 Å². The molecule has 1 aliphatic heterocycles. The number of benzene rings is 2. The fourth-order valence-corrected chi connectivity index (χ4v) is 5.89. The number of nitriles is 1. The van der Waals surface area contributed by atoms with Gasteiger partial charge in [-0.2, -0.15) is 5.26 Å². The fraction of sp³-hybridized carbons (Fsp3) is 0.174. The molecule has 0 fully saturated rings. The smallest absolute Gasteiger partial charge is 0.409 e. The van der Waals surface area contributed by atoms with Crippen molar-refractivity contribution in [2.45, 2.75) is 17.9 Å². The number of nitrogens with zero attached hydrogens (tertiary/aromatic N) is 2. The number of fused-ring (bicyclic) bond motifs is 1. The van der Waals surface area contributed by atoms with Gasteiger partial charge in [-0.15, -0.1) is 11.3 Å². The SMILES string of the molecule is COC(=O)N1CCc2c(sc(NC(=O)c3cccc(NS(=O)(=O)c4ccccc4)c3)c2C#N)C1. The van der Waals surface area contributed by atoms with Gasteiger partial charge in [-0.3, -0.25) is 9.52 Å². The Morgan fingerprint density at radius 3 is 2.62 bits per heavy atom. The number of sulfonamides is 1. The van der Waals surface area contributed by atoms with Gasteiger partial charge in [-0.25, -0.2) is 13.2 Å². The molecule has 0 atom stereocenters. The quantitative estimate of drug-likeness (QED) is 0.553. The molecule has 0 radical (unpaired) electrons. The summed E-state index contributed by atoms with van der Waals surface area (Å²) in [5, 5.41) is 12.8. The summed E-state index contributed by atoms with van der Waals surface area (Å²) in [5.74, 6) is -0.485. The molecule has 0 spiro atoms. The first-order valence-electron chi connectivity index (χ1n) is 10.2. The van der Waals surface area contributed by atoms with Crippen molar-refractivity contribution in [3.63, 3.8) is 0 Å². The summed E-state index contributed by atoms with van der Waals surface area (Å²) in [6.45, 7) is 0.718. The Balaban J connectivity index is 1.54. The molecule has 34 heavy (non-hydrogen) atoms. The first kappa shape index (κ1) is 23.3. The predicted octanol–water partition coefficient (Wildman–Crippen LogP) is 3.80. The Kier molecular flexibility index (Phi) is 6.54. The van der Waals surface area contributed by atoms with Crippen molar-refractivity contribution in [1.82, 2.24) is 4.90 Å². The topological polar surface area (TPSA) is 129 Å². The van der Waals surface area contributed by atoms with E-state index in [1.165, 1.54) is 41.5 Å². The summed E-state index contributed by atoms with van der Waals surface area (Å²) in [5.41, 5.74) is 1.64. The first-order valence-corrected chi connectivity index (χ1v) is 12.5. The molecule has 2 amide bonds. The lowest BCUT2D eigenvalue weighted by Crippen LogP contribution is -2.35. The lowest BCUT2D eigenvalue weighted by atomic mass is 10.0. The van der Waals surface area contributed by atoms with E-state index >= 15 is 0 Å². The third kappa shape index (κ3) is 4.73. The summed E-state index contributed by atoms with van der Waals surface area (Å²) in [4.78, 5) is 27.2. The summed E-state index contributed by atoms with van der Waals surface area (Å²) >= 11 is 1.24. The summed E-state index contributed by atoms with van der Waals surface area (Å²) in [7, 11) is -2.49. The molecular weight excluding hydrogens is 476 g/mol. The van der Waals surface area contributed by atoms with Gasteiger partial charge in [0.25, 0.3) is 15.9 Å². The highest BCUT2D eigenvalue weighted by Crippen LogP contribution is 2.37. The van der Waals surface area contributed by atoms with E-state index in [1.807, 2.05) is 0 Å². The minimum atomic E-state index is -3.81. The van der Waals surface area contributed by atoms with Crippen molar-refractivity contribution in [3.8, 4) is 6.07 Å². The number of thiophene rings is 1. The van der Waals surface area contributed by atoms with Crippen LogP contribution in [0.4, 0.5) is 15.5 Å². The minimum Gasteiger partial charge on any atom is -0.453 e. The zero-order chi connectivity index (χ0) is 24.3. The molecule has 2 heterocycles. The second kappa shape index (κ2) is 9.54. The molecule has 1 aromatic heterocycles. The molecule has 11 heteroatoms. The van der Waals surface area contributed by atoms with Crippen LogP contribution in [-0.4, -0.2) is 39.0 Å². The molecule has 0 saturated heterocycles. The standard InChI is InChI=1S/C23H20N4O5S2/c1-32-23(29)27-11-10-18-19(13-24)22(33-20(18)14-27)25-21(28)15-6-5-7-16(12-15)26-34(30,31)17-8-3-2-4-9-17/h2-9,12,26H,10-11,14H2,1H3,(H,25,28). The lowest BCUT2D eigenvalue weighted by molar-refractivity contribution is 0.102. The Morgan fingerprint density at radius 1 is 1.15 bits per heavy atom. The van der Waals surface area contributed by atoms with E-state index in [2.05, 4.69) is 16.1 Å². The van der Waals surface area contributed by atoms with Crippen LogP contribution in [0.15, 0.2) is 59.5 Å². The highest BCUT2D eigenvalue weighted by Gasteiger charge is 2.28. The second-order valence-electron chi connectivity index (χ2n) is 7.41. The van der Waals surface area contributed by atoms with Gasteiger partial charge in [-0.1, -0.05) is 24.3 Å². The second-order valence-corrected chi connectivity index (χ2v) is 10.2. The van der Waals surface area contributed by atoms with Gasteiger partial charge in [0.2, 0.25) is 0 Å². The summed E-state index contributed by atoms with van der Waals surface area (Å²) in [6, 6.07) is 16.1. The maximum Gasteiger partial charge on any atom is 0.409 e. The Bertz CT molecular complexity index is 1390. The lowest BCUT2D eigenvalue weighted by Gasteiger charge is -2.25. The van der Waals surface area contributed by atoms with Crippen LogP contribution in [0.25, 0.3) is 0 Å². The normalized spacial score (nSPS) is 12.9. The van der Waals surface area contributed by atoms with Crippen LogP contribution in [0, 0.1) is 11.3 Å². The van der Waals surface area contributed by atoms with E-state index in [0.29, 0.717) is 30.1 Å². The molecule has 0 unspecified atom stereocenters. The number of nitrogens with one attached hydrogen (secondary N) is 2. The molecule has 4 rings (SSSR count). The molecule has 0 aliphatic carbocycles. The maximum atomic E-state index is 12.9. The molecule has 1 aliphatic rings. The average Bonchev–Trinajstić information content (AvgIpc) is 3.19. The fourth-order valence-electron chi connectivity index (χ4n) is 3.61. The Hall–Kier alpha value is -3.88.